The van der Waals surface area contributed by atoms with Gasteiger partial charge in [-0.05, 0) is 27.2 Å². The van der Waals surface area contributed by atoms with E-state index in [1.807, 2.05) is 6.92 Å². The fraction of sp³-hybridized carbons (Fsp3) is 0.500. The van der Waals surface area contributed by atoms with Crippen LogP contribution in [0.25, 0.3) is 0 Å². The van der Waals surface area contributed by atoms with Crippen molar-refractivity contribution in [2.45, 2.75) is 27.2 Å². The Bertz CT molecular complexity index is 107. The quantitative estimate of drug-likeness (QED) is 0.479. The number of hydrogen-bond acceptors (Lipinski definition) is 0. The van der Waals surface area contributed by atoms with Crippen LogP contribution in [0.2, 0.25) is 0 Å². The molecular formula is C8H14. The number of hydrogen-bond donors (Lipinski definition) is 0. The molecule has 0 amide bonds. The molecule has 0 aromatic heterocycles. The van der Waals surface area contributed by atoms with Gasteiger partial charge in [-0.25, -0.2) is 0 Å². The predicted molar refractivity (Wildman–Crippen MR) is 38.9 cm³/mol. The summed E-state index contributed by atoms with van der Waals surface area (Å²) in [6.45, 7) is 10.0. The van der Waals surface area contributed by atoms with E-state index in [9.17, 15) is 0 Å². The minimum atomic E-state index is 1.05. The molecule has 0 aromatic rings. The van der Waals surface area contributed by atoms with Crippen molar-refractivity contribution in [3.8, 4) is 0 Å². The summed E-state index contributed by atoms with van der Waals surface area (Å²) in [6, 6.07) is 0. The fourth-order valence-electron chi connectivity index (χ4n) is 0.578. The highest BCUT2D eigenvalue weighted by Crippen LogP contribution is 2.05. The molecule has 0 aromatic carbocycles. The number of allylic oxidation sites excluding steroid dienone is 3. The van der Waals surface area contributed by atoms with Crippen LogP contribution in [0.15, 0.2) is 23.8 Å². The van der Waals surface area contributed by atoms with Crippen molar-refractivity contribution in [1.82, 2.24) is 0 Å². The fourth-order valence-corrected chi connectivity index (χ4v) is 0.578. The molecule has 0 saturated heterocycles. The number of rotatable bonds is 2. The Balaban J connectivity index is 3.56. The molecule has 0 unspecified atom stereocenters. The second-order valence-corrected chi connectivity index (χ2v) is 2.27. The summed E-state index contributed by atoms with van der Waals surface area (Å²) in [5, 5.41) is 0. The van der Waals surface area contributed by atoms with Crippen LogP contribution in [-0.4, -0.2) is 0 Å². The Morgan fingerprint density at radius 3 is 2.12 bits per heavy atom. The monoisotopic (exact) mass is 110 g/mol. The molecular weight excluding hydrogens is 96.1 g/mol. The van der Waals surface area contributed by atoms with Crippen molar-refractivity contribution >= 4 is 0 Å². The summed E-state index contributed by atoms with van der Waals surface area (Å²) in [5.41, 5.74) is 2.64. The van der Waals surface area contributed by atoms with Crippen LogP contribution in [0, 0.1) is 0 Å². The lowest BCUT2D eigenvalue weighted by Crippen LogP contribution is -1.75. The van der Waals surface area contributed by atoms with Crippen molar-refractivity contribution < 1.29 is 0 Å². The molecule has 0 aliphatic heterocycles. The highest BCUT2D eigenvalue weighted by atomic mass is 13.9. The van der Waals surface area contributed by atoms with Gasteiger partial charge in [0, 0.05) is 0 Å². The third-order valence-corrected chi connectivity index (χ3v) is 1.07. The smallest absolute Gasteiger partial charge is 0.0117 e. The van der Waals surface area contributed by atoms with Gasteiger partial charge in [0.25, 0.3) is 0 Å². The third kappa shape index (κ3) is 3.66. The van der Waals surface area contributed by atoms with Gasteiger partial charge in [-0.3, -0.25) is 0 Å². The Kier molecular flexibility index (Phi) is 3.25. The standard InChI is InChI=1S/C8H14/c1-5-8(4)6-7(2)3/h5H,2,6H2,1,3-4H3/b8-5+. The van der Waals surface area contributed by atoms with E-state index in [-0.39, 0.29) is 0 Å². The highest BCUT2D eigenvalue weighted by Gasteiger charge is 1.85. The molecule has 0 radical (unpaired) electrons. The Labute approximate surface area is 51.9 Å². The molecule has 46 valence electrons. The molecule has 0 nitrogen and oxygen atoms in total. The summed E-state index contributed by atoms with van der Waals surface area (Å²) >= 11 is 0. The molecule has 0 atom stereocenters. The lowest BCUT2D eigenvalue weighted by molar-refractivity contribution is 1.11. The van der Waals surface area contributed by atoms with E-state index in [1.54, 1.807) is 0 Å². The average Bonchev–Trinajstić information content (AvgIpc) is 1.65. The van der Waals surface area contributed by atoms with Crippen LogP contribution < -0.4 is 0 Å². The third-order valence-electron chi connectivity index (χ3n) is 1.07. The first kappa shape index (κ1) is 7.48. The first-order valence-corrected chi connectivity index (χ1v) is 2.93. The van der Waals surface area contributed by atoms with E-state index >= 15 is 0 Å². The minimum Gasteiger partial charge on any atom is -0.0998 e. The molecule has 0 fully saturated rings. The minimum absolute atomic E-state index is 1.05. The molecule has 0 saturated carbocycles. The molecule has 0 rings (SSSR count). The van der Waals surface area contributed by atoms with E-state index in [0.717, 1.165) is 6.42 Å². The summed E-state index contributed by atoms with van der Waals surface area (Å²) in [6.07, 6.45) is 3.17. The largest absolute Gasteiger partial charge is 0.0998 e. The zero-order valence-corrected chi connectivity index (χ0v) is 5.99. The Morgan fingerprint density at radius 1 is 1.50 bits per heavy atom. The predicted octanol–water partition coefficient (Wildman–Crippen LogP) is 2.92. The van der Waals surface area contributed by atoms with Crippen LogP contribution in [-0.2, 0) is 0 Å². The van der Waals surface area contributed by atoms with Gasteiger partial charge in [-0.2, -0.15) is 0 Å². The van der Waals surface area contributed by atoms with Gasteiger partial charge in [0.1, 0.15) is 0 Å². The highest BCUT2D eigenvalue weighted by molar-refractivity contribution is 5.07. The van der Waals surface area contributed by atoms with Crippen molar-refractivity contribution in [2.24, 2.45) is 0 Å². The molecule has 0 N–H and O–H groups in total. The average molecular weight is 110 g/mol. The van der Waals surface area contributed by atoms with E-state index in [2.05, 4.69) is 26.5 Å². The first-order valence-electron chi connectivity index (χ1n) is 2.93. The van der Waals surface area contributed by atoms with Gasteiger partial charge in [0.15, 0.2) is 0 Å². The zero-order valence-electron chi connectivity index (χ0n) is 5.99. The van der Waals surface area contributed by atoms with E-state index in [4.69, 9.17) is 0 Å². The summed E-state index contributed by atoms with van der Waals surface area (Å²) in [7, 11) is 0. The van der Waals surface area contributed by atoms with Gasteiger partial charge in [0.05, 0.1) is 0 Å². The van der Waals surface area contributed by atoms with Crippen molar-refractivity contribution in [3.63, 3.8) is 0 Å². The molecule has 0 aliphatic rings. The molecule has 0 bridgehead atoms. The van der Waals surface area contributed by atoms with E-state index < -0.39 is 0 Å². The van der Waals surface area contributed by atoms with Gasteiger partial charge in [0.2, 0.25) is 0 Å². The lowest BCUT2D eigenvalue weighted by Gasteiger charge is -1.95. The maximum absolute atomic E-state index is 3.80. The summed E-state index contributed by atoms with van der Waals surface area (Å²) in [4.78, 5) is 0. The van der Waals surface area contributed by atoms with Crippen LogP contribution >= 0.6 is 0 Å². The van der Waals surface area contributed by atoms with Crippen LogP contribution in [0.3, 0.4) is 0 Å². The van der Waals surface area contributed by atoms with Gasteiger partial charge < -0.3 is 0 Å². The topological polar surface area (TPSA) is 0 Å². The normalized spacial score (nSPS) is 11.6. The van der Waals surface area contributed by atoms with Crippen LogP contribution in [0.1, 0.15) is 27.2 Å². The molecule has 8 heavy (non-hydrogen) atoms. The van der Waals surface area contributed by atoms with Crippen LogP contribution in [0.4, 0.5) is 0 Å². The van der Waals surface area contributed by atoms with Gasteiger partial charge in [-0.15, -0.1) is 0 Å². The van der Waals surface area contributed by atoms with E-state index in [1.165, 1.54) is 11.1 Å². The maximum Gasteiger partial charge on any atom is -0.0117 e. The maximum atomic E-state index is 3.80. The molecule has 0 aliphatic carbocycles. The van der Waals surface area contributed by atoms with Crippen molar-refractivity contribution in [1.29, 1.82) is 0 Å². The Morgan fingerprint density at radius 2 is 2.00 bits per heavy atom. The SMILES string of the molecule is C=C(C)C/C(C)=C/C. The van der Waals surface area contributed by atoms with Gasteiger partial charge >= 0.3 is 0 Å². The van der Waals surface area contributed by atoms with E-state index in [0.29, 0.717) is 0 Å². The van der Waals surface area contributed by atoms with Crippen LogP contribution in [0.5, 0.6) is 0 Å². The summed E-state index contributed by atoms with van der Waals surface area (Å²) < 4.78 is 0. The molecule has 0 heteroatoms. The molecule has 0 heterocycles. The second kappa shape index (κ2) is 3.48. The summed E-state index contributed by atoms with van der Waals surface area (Å²) in [5.74, 6) is 0. The van der Waals surface area contributed by atoms with Crippen molar-refractivity contribution in [2.75, 3.05) is 0 Å². The Hall–Kier alpha value is -0.520. The zero-order chi connectivity index (χ0) is 6.57. The lowest BCUT2D eigenvalue weighted by atomic mass is 10.1. The second-order valence-electron chi connectivity index (χ2n) is 2.27. The molecule has 0 spiro atoms. The van der Waals surface area contributed by atoms with Crippen molar-refractivity contribution in [3.05, 3.63) is 23.8 Å². The first-order chi connectivity index (χ1) is 3.66. The van der Waals surface area contributed by atoms with Gasteiger partial charge in [-0.1, -0.05) is 23.8 Å².